The second kappa shape index (κ2) is 8.68. The number of nitrogens with zero attached hydrogens (tertiary/aromatic N) is 3. The maximum atomic E-state index is 12.7. The quantitative estimate of drug-likeness (QED) is 0.508. The minimum absolute atomic E-state index is 0.0610. The fraction of sp³-hybridized carbons (Fsp3) is 0.160. The van der Waals surface area contributed by atoms with E-state index < -0.39 is 0 Å². The fourth-order valence-electron chi connectivity index (χ4n) is 3.66. The van der Waals surface area contributed by atoms with Gasteiger partial charge in [-0.3, -0.25) is 14.7 Å². The highest BCUT2D eigenvalue weighted by Gasteiger charge is 2.22. The van der Waals surface area contributed by atoms with Crippen molar-refractivity contribution in [3.8, 4) is 23.2 Å². The van der Waals surface area contributed by atoms with Crippen molar-refractivity contribution < 1.29 is 0 Å². The summed E-state index contributed by atoms with van der Waals surface area (Å²) in [7, 11) is 0. The Morgan fingerprint density at radius 1 is 1.06 bits per heavy atom. The van der Waals surface area contributed by atoms with E-state index in [-0.39, 0.29) is 5.56 Å². The van der Waals surface area contributed by atoms with Crippen LogP contribution in [0.4, 0.5) is 0 Å². The van der Waals surface area contributed by atoms with Crippen molar-refractivity contribution in [2.75, 3.05) is 6.54 Å². The predicted octanol–water partition coefficient (Wildman–Crippen LogP) is 3.85. The molecule has 0 fully saturated rings. The summed E-state index contributed by atoms with van der Waals surface area (Å²) in [5, 5.41) is 0. The molecule has 4 aromatic rings. The molecular weight excluding hydrogens is 404 g/mol. The van der Waals surface area contributed by atoms with Gasteiger partial charge in [-0.15, -0.1) is 11.3 Å². The second-order valence-corrected chi connectivity index (χ2v) is 8.59. The lowest BCUT2D eigenvalue weighted by Gasteiger charge is -2.27. The van der Waals surface area contributed by atoms with E-state index in [9.17, 15) is 4.79 Å². The number of aromatic nitrogens is 3. The molecule has 5 nitrogen and oxygen atoms in total. The molecule has 152 valence electrons. The highest BCUT2D eigenvalue weighted by atomic mass is 32.1. The summed E-state index contributed by atoms with van der Waals surface area (Å²) >= 11 is 1.71. The zero-order valence-electron chi connectivity index (χ0n) is 16.8. The number of pyridine rings is 1. The highest BCUT2D eigenvalue weighted by Crippen LogP contribution is 2.22. The van der Waals surface area contributed by atoms with Crippen molar-refractivity contribution in [1.82, 2.24) is 19.9 Å². The number of aromatic amines is 1. The number of thiophene rings is 1. The van der Waals surface area contributed by atoms with Crippen molar-refractivity contribution in [3.05, 3.63) is 104 Å². The minimum atomic E-state index is -0.0610. The summed E-state index contributed by atoms with van der Waals surface area (Å²) in [5.41, 5.74) is 3.43. The molecule has 1 N–H and O–H groups in total. The Kier molecular flexibility index (Phi) is 5.44. The Labute approximate surface area is 184 Å². The molecule has 0 saturated heterocycles. The third-order valence-corrected chi connectivity index (χ3v) is 6.21. The van der Waals surface area contributed by atoms with Crippen LogP contribution in [0.2, 0.25) is 0 Å². The lowest BCUT2D eigenvalue weighted by atomic mass is 10.1. The molecule has 0 bridgehead atoms. The normalized spacial score (nSPS) is 13.3. The van der Waals surface area contributed by atoms with Gasteiger partial charge in [-0.2, -0.15) is 0 Å². The van der Waals surface area contributed by atoms with Gasteiger partial charge in [0, 0.05) is 54.5 Å². The van der Waals surface area contributed by atoms with Crippen molar-refractivity contribution in [3.63, 3.8) is 0 Å². The first-order valence-electron chi connectivity index (χ1n) is 10.2. The molecule has 0 atom stereocenters. The van der Waals surface area contributed by atoms with E-state index >= 15 is 0 Å². The van der Waals surface area contributed by atoms with Gasteiger partial charge >= 0.3 is 0 Å². The molecule has 3 aromatic heterocycles. The van der Waals surface area contributed by atoms with E-state index in [2.05, 4.69) is 38.8 Å². The summed E-state index contributed by atoms with van der Waals surface area (Å²) in [6, 6.07) is 18.0. The average Bonchev–Trinajstić information content (AvgIpc) is 3.26. The Balaban J connectivity index is 1.29. The standard InChI is InChI=1S/C25H20N4OS/c30-25-22-17-29(14-12-23(22)27-24(28-25)19-7-4-13-26-15-19)16-21-11-10-20(31-21)9-8-18-5-2-1-3-6-18/h1-7,10-11,13,15H,12,14,16-17H2,(H,27,28,30). The second-order valence-electron chi connectivity index (χ2n) is 7.42. The summed E-state index contributed by atoms with van der Waals surface area (Å²) in [5.74, 6) is 7.04. The van der Waals surface area contributed by atoms with E-state index in [1.807, 2.05) is 42.5 Å². The van der Waals surface area contributed by atoms with Crippen molar-refractivity contribution in [2.45, 2.75) is 19.5 Å². The smallest absolute Gasteiger partial charge is 0.255 e. The van der Waals surface area contributed by atoms with Crippen LogP contribution in [0.5, 0.6) is 0 Å². The molecule has 0 amide bonds. The Morgan fingerprint density at radius 2 is 1.97 bits per heavy atom. The van der Waals surface area contributed by atoms with E-state index in [1.165, 1.54) is 4.88 Å². The summed E-state index contributed by atoms with van der Waals surface area (Å²) in [6.07, 6.45) is 4.19. The molecule has 0 spiro atoms. The molecule has 0 unspecified atom stereocenters. The number of fused-ring (bicyclic) bond motifs is 1. The molecular formula is C25H20N4OS. The van der Waals surface area contributed by atoms with Gasteiger partial charge in [0.25, 0.3) is 5.56 Å². The van der Waals surface area contributed by atoms with Gasteiger partial charge in [-0.25, -0.2) is 4.98 Å². The molecule has 0 saturated carbocycles. The van der Waals surface area contributed by atoms with Crippen LogP contribution in [0.25, 0.3) is 11.4 Å². The van der Waals surface area contributed by atoms with E-state index in [4.69, 9.17) is 4.98 Å². The highest BCUT2D eigenvalue weighted by molar-refractivity contribution is 7.12. The molecule has 0 aliphatic carbocycles. The number of hydrogen-bond donors (Lipinski definition) is 1. The van der Waals surface area contributed by atoms with E-state index in [0.717, 1.165) is 46.8 Å². The summed E-state index contributed by atoms with van der Waals surface area (Å²) < 4.78 is 0. The lowest BCUT2D eigenvalue weighted by Crippen LogP contribution is -2.35. The summed E-state index contributed by atoms with van der Waals surface area (Å²) in [6.45, 7) is 2.29. The first-order valence-corrected chi connectivity index (χ1v) is 11.0. The monoisotopic (exact) mass is 424 g/mol. The molecule has 6 heteroatoms. The number of hydrogen-bond acceptors (Lipinski definition) is 5. The van der Waals surface area contributed by atoms with Crippen molar-refractivity contribution >= 4 is 11.3 Å². The van der Waals surface area contributed by atoms with Crippen LogP contribution < -0.4 is 5.56 Å². The third kappa shape index (κ3) is 4.48. The maximum Gasteiger partial charge on any atom is 0.255 e. The molecule has 1 aromatic carbocycles. The lowest BCUT2D eigenvalue weighted by molar-refractivity contribution is 0.244. The maximum absolute atomic E-state index is 12.7. The minimum Gasteiger partial charge on any atom is -0.306 e. The van der Waals surface area contributed by atoms with Crippen LogP contribution in [0, 0.1) is 11.8 Å². The SMILES string of the molecule is O=c1[nH]c(-c2cccnc2)nc2c1CN(Cc1ccc(C#Cc3ccccc3)s1)CC2. The van der Waals surface area contributed by atoms with E-state index in [1.54, 1.807) is 23.7 Å². The molecule has 1 aliphatic rings. The van der Waals surface area contributed by atoms with Crippen LogP contribution in [0.1, 0.15) is 26.6 Å². The molecule has 0 radical (unpaired) electrons. The number of nitrogens with one attached hydrogen (secondary N) is 1. The predicted molar refractivity (Wildman–Crippen MR) is 123 cm³/mol. The third-order valence-electron chi connectivity index (χ3n) is 5.23. The van der Waals surface area contributed by atoms with Gasteiger partial charge in [0.1, 0.15) is 5.82 Å². The van der Waals surface area contributed by atoms with Crippen LogP contribution in [0.3, 0.4) is 0 Å². The summed E-state index contributed by atoms with van der Waals surface area (Å²) in [4.78, 5) is 29.1. The zero-order chi connectivity index (χ0) is 21.0. The first-order chi connectivity index (χ1) is 15.2. The number of benzene rings is 1. The molecule has 1 aliphatic heterocycles. The van der Waals surface area contributed by atoms with Gasteiger partial charge in [-0.1, -0.05) is 30.0 Å². The van der Waals surface area contributed by atoms with Gasteiger partial charge in [0.2, 0.25) is 0 Å². The van der Waals surface area contributed by atoms with Gasteiger partial charge in [0.15, 0.2) is 0 Å². The topological polar surface area (TPSA) is 61.9 Å². The van der Waals surface area contributed by atoms with Crippen LogP contribution in [-0.2, 0) is 19.5 Å². The Hall–Kier alpha value is -3.53. The largest absolute Gasteiger partial charge is 0.306 e. The van der Waals surface area contributed by atoms with Crippen LogP contribution in [-0.4, -0.2) is 26.4 Å². The molecule has 31 heavy (non-hydrogen) atoms. The van der Waals surface area contributed by atoms with Crippen LogP contribution >= 0.6 is 11.3 Å². The Bertz CT molecular complexity index is 1320. The number of H-pyrrole nitrogens is 1. The van der Waals surface area contributed by atoms with Crippen molar-refractivity contribution in [2.24, 2.45) is 0 Å². The molecule has 5 rings (SSSR count). The average molecular weight is 425 g/mol. The van der Waals surface area contributed by atoms with Gasteiger partial charge in [0.05, 0.1) is 16.1 Å². The van der Waals surface area contributed by atoms with Gasteiger partial charge < -0.3 is 4.98 Å². The van der Waals surface area contributed by atoms with Crippen molar-refractivity contribution in [1.29, 1.82) is 0 Å². The first kappa shape index (κ1) is 19.4. The molecule has 4 heterocycles. The Morgan fingerprint density at radius 3 is 2.81 bits per heavy atom. The van der Waals surface area contributed by atoms with E-state index in [0.29, 0.717) is 12.4 Å². The van der Waals surface area contributed by atoms with Gasteiger partial charge in [-0.05, 0) is 36.4 Å². The fourth-order valence-corrected chi connectivity index (χ4v) is 4.56. The number of rotatable bonds is 3. The zero-order valence-corrected chi connectivity index (χ0v) is 17.7. The van der Waals surface area contributed by atoms with Crippen LogP contribution in [0.15, 0.2) is 71.8 Å².